The monoisotopic (exact) mass is 404 g/mol. The van der Waals surface area contributed by atoms with E-state index in [1.165, 1.54) is 4.90 Å². The molecule has 3 aromatic rings. The summed E-state index contributed by atoms with van der Waals surface area (Å²) in [6.07, 6.45) is 0. The number of aromatic nitrogens is 5. The van der Waals surface area contributed by atoms with Crippen molar-refractivity contribution in [3.8, 4) is 10.8 Å². The Hall–Kier alpha value is -2.13. The average molecular weight is 404 g/mol. The van der Waals surface area contributed by atoms with E-state index in [2.05, 4.69) is 19.6 Å². The SMILES string of the molecule is [B]c1c([B])c(C(=O)N2CCn3c(nnc3-c3nc(Cl)ns3)C2)c([B])c([B])c1F. The van der Waals surface area contributed by atoms with Crippen LogP contribution < -0.4 is 21.9 Å². The number of rotatable bonds is 2. The van der Waals surface area contributed by atoms with E-state index in [-0.39, 0.29) is 28.3 Å². The van der Waals surface area contributed by atoms with Crippen molar-refractivity contribution in [3.05, 3.63) is 22.5 Å². The largest absolute Gasteiger partial charge is 0.329 e. The molecular weight excluding hydrogens is 398 g/mol. The minimum atomic E-state index is -0.940. The quantitative estimate of drug-likeness (QED) is 0.439. The first-order valence-corrected chi connectivity index (χ1v) is 9.07. The topological polar surface area (TPSA) is 76.8 Å². The molecular formula is C14H6B4ClFN6OS. The van der Waals surface area contributed by atoms with Crippen molar-refractivity contribution in [2.24, 2.45) is 0 Å². The van der Waals surface area contributed by atoms with Crippen molar-refractivity contribution in [1.29, 1.82) is 0 Å². The Balaban J connectivity index is 1.66. The van der Waals surface area contributed by atoms with Gasteiger partial charge < -0.3 is 9.47 Å². The molecule has 0 fully saturated rings. The Labute approximate surface area is 173 Å². The molecule has 1 aliphatic heterocycles. The number of hydrogen-bond donors (Lipinski definition) is 0. The molecule has 2 aromatic heterocycles. The standard InChI is InChI=1S/C14H6B4ClFN6OS/c15-6-5(7(16)9(18)10(20)8(6)17)13(27)25-1-2-26-4(3-25)22-23-11(26)12-21-14(19)24-28-12/h1-3H2. The zero-order chi connectivity index (χ0) is 20.2. The first kappa shape index (κ1) is 19.2. The molecule has 0 unspecified atom stereocenters. The first-order valence-electron chi connectivity index (χ1n) is 7.91. The zero-order valence-corrected chi connectivity index (χ0v) is 15.8. The Bertz CT molecular complexity index is 1090. The second-order valence-corrected chi connectivity index (χ2v) is 7.12. The Morgan fingerprint density at radius 1 is 1.07 bits per heavy atom. The van der Waals surface area contributed by atoms with Gasteiger partial charge in [0.15, 0.2) is 16.7 Å². The average Bonchev–Trinajstić information content (AvgIpc) is 3.30. The number of carbonyl (C=O) groups excluding carboxylic acids is 1. The summed E-state index contributed by atoms with van der Waals surface area (Å²) in [7, 11) is 22.9. The molecule has 0 saturated carbocycles. The molecule has 8 radical (unpaired) electrons. The van der Waals surface area contributed by atoms with Crippen LogP contribution in [-0.2, 0) is 13.1 Å². The zero-order valence-electron chi connectivity index (χ0n) is 14.2. The highest BCUT2D eigenvalue weighted by Crippen LogP contribution is 2.24. The molecule has 130 valence electrons. The van der Waals surface area contributed by atoms with Crippen molar-refractivity contribution >= 4 is 82.3 Å². The summed E-state index contributed by atoms with van der Waals surface area (Å²) < 4.78 is 19.7. The summed E-state index contributed by atoms with van der Waals surface area (Å²) in [6, 6.07) is 0. The van der Waals surface area contributed by atoms with E-state index < -0.39 is 22.7 Å². The van der Waals surface area contributed by atoms with Crippen molar-refractivity contribution in [3.63, 3.8) is 0 Å². The van der Waals surface area contributed by atoms with Gasteiger partial charge in [-0.3, -0.25) is 4.79 Å². The van der Waals surface area contributed by atoms with Crippen molar-refractivity contribution in [1.82, 2.24) is 29.0 Å². The summed E-state index contributed by atoms with van der Waals surface area (Å²) in [6.45, 7) is 0.834. The van der Waals surface area contributed by atoms with E-state index in [0.29, 0.717) is 29.7 Å². The van der Waals surface area contributed by atoms with Crippen LogP contribution in [0.5, 0.6) is 0 Å². The molecule has 0 bridgehead atoms. The van der Waals surface area contributed by atoms with Gasteiger partial charge in [0.1, 0.15) is 37.2 Å². The summed E-state index contributed by atoms with van der Waals surface area (Å²) in [5, 5.41) is 8.87. The van der Waals surface area contributed by atoms with Crippen molar-refractivity contribution in [2.45, 2.75) is 13.1 Å². The molecule has 0 aliphatic carbocycles. The summed E-state index contributed by atoms with van der Waals surface area (Å²) in [5.41, 5.74) is -1.44. The van der Waals surface area contributed by atoms with Gasteiger partial charge in [-0.25, -0.2) is 9.37 Å². The van der Waals surface area contributed by atoms with Gasteiger partial charge in [-0.1, -0.05) is 21.9 Å². The lowest BCUT2D eigenvalue weighted by molar-refractivity contribution is 0.0711. The fourth-order valence-electron chi connectivity index (χ4n) is 2.97. The number of carbonyl (C=O) groups is 1. The fraction of sp³-hybridized carbons (Fsp3) is 0.214. The molecule has 1 amide bonds. The highest BCUT2D eigenvalue weighted by Gasteiger charge is 2.29. The van der Waals surface area contributed by atoms with Gasteiger partial charge in [0.2, 0.25) is 5.28 Å². The van der Waals surface area contributed by atoms with Crippen LogP contribution in [0.3, 0.4) is 0 Å². The number of fused-ring (bicyclic) bond motifs is 1. The molecule has 4 rings (SSSR count). The lowest BCUT2D eigenvalue weighted by atomic mass is 9.66. The third-order valence-electron chi connectivity index (χ3n) is 4.44. The minimum Gasteiger partial charge on any atom is -0.329 e. The van der Waals surface area contributed by atoms with Gasteiger partial charge in [0.25, 0.3) is 5.91 Å². The maximum Gasteiger partial charge on any atom is 0.253 e. The summed E-state index contributed by atoms with van der Waals surface area (Å²) in [5.74, 6) is -0.421. The van der Waals surface area contributed by atoms with E-state index in [0.717, 1.165) is 11.5 Å². The van der Waals surface area contributed by atoms with Gasteiger partial charge in [-0.15, -0.1) is 10.2 Å². The second kappa shape index (κ2) is 7.04. The first-order chi connectivity index (χ1) is 13.3. The lowest BCUT2D eigenvalue weighted by Crippen LogP contribution is -2.52. The van der Waals surface area contributed by atoms with Crippen LogP contribution >= 0.6 is 23.1 Å². The molecule has 3 heterocycles. The van der Waals surface area contributed by atoms with Crippen LogP contribution in [-0.4, -0.2) is 72.9 Å². The van der Waals surface area contributed by atoms with Crippen LogP contribution in [0.1, 0.15) is 16.2 Å². The second-order valence-electron chi connectivity index (χ2n) is 6.03. The van der Waals surface area contributed by atoms with Crippen LogP contribution in [0.25, 0.3) is 10.8 Å². The van der Waals surface area contributed by atoms with Crippen LogP contribution in [0.15, 0.2) is 0 Å². The number of halogens is 2. The maximum atomic E-state index is 13.9. The van der Waals surface area contributed by atoms with Gasteiger partial charge in [0, 0.05) is 18.7 Å². The smallest absolute Gasteiger partial charge is 0.253 e. The molecule has 1 aliphatic rings. The normalized spacial score (nSPS) is 13.6. The third-order valence-corrected chi connectivity index (χ3v) is 5.42. The molecule has 0 atom stereocenters. The highest BCUT2D eigenvalue weighted by molar-refractivity contribution is 7.09. The number of hydrogen-bond acceptors (Lipinski definition) is 6. The highest BCUT2D eigenvalue weighted by atomic mass is 35.5. The van der Waals surface area contributed by atoms with E-state index in [1.54, 1.807) is 0 Å². The summed E-state index contributed by atoms with van der Waals surface area (Å²) >= 11 is 6.87. The molecule has 14 heteroatoms. The van der Waals surface area contributed by atoms with E-state index in [4.69, 9.17) is 43.0 Å². The van der Waals surface area contributed by atoms with Crippen LogP contribution in [0.2, 0.25) is 5.28 Å². The maximum absolute atomic E-state index is 13.9. The van der Waals surface area contributed by atoms with E-state index in [9.17, 15) is 9.18 Å². The van der Waals surface area contributed by atoms with Crippen molar-refractivity contribution in [2.75, 3.05) is 6.54 Å². The molecule has 7 nitrogen and oxygen atoms in total. The van der Waals surface area contributed by atoms with E-state index in [1.807, 2.05) is 4.57 Å². The van der Waals surface area contributed by atoms with E-state index >= 15 is 0 Å². The fourth-order valence-corrected chi connectivity index (χ4v) is 3.77. The van der Waals surface area contributed by atoms with Gasteiger partial charge >= 0.3 is 0 Å². The Kier molecular flexibility index (Phi) is 4.83. The molecule has 0 spiro atoms. The van der Waals surface area contributed by atoms with Crippen molar-refractivity contribution < 1.29 is 9.18 Å². The predicted molar refractivity (Wildman–Crippen MR) is 107 cm³/mol. The predicted octanol–water partition coefficient (Wildman–Crippen LogP) is -2.58. The minimum absolute atomic E-state index is 0.125. The number of benzene rings is 1. The Morgan fingerprint density at radius 2 is 1.75 bits per heavy atom. The molecule has 0 N–H and O–H groups in total. The molecule has 0 saturated heterocycles. The molecule has 1 aromatic carbocycles. The third kappa shape index (κ3) is 2.97. The van der Waals surface area contributed by atoms with Gasteiger partial charge in [-0.2, -0.15) is 4.37 Å². The molecule has 28 heavy (non-hydrogen) atoms. The van der Waals surface area contributed by atoms with Crippen LogP contribution in [0.4, 0.5) is 4.39 Å². The lowest BCUT2D eigenvalue weighted by Gasteiger charge is -2.30. The van der Waals surface area contributed by atoms with Gasteiger partial charge in [-0.05, 0) is 23.1 Å². The Morgan fingerprint density at radius 3 is 2.36 bits per heavy atom. The number of amides is 1. The summed E-state index contributed by atoms with van der Waals surface area (Å²) in [4.78, 5) is 18.5. The van der Waals surface area contributed by atoms with Crippen LogP contribution in [0, 0.1) is 5.82 Å². The van der Waals surface area contributed by atoms with Gasteiger partial charge in [0.05, 0.1) is 6.54 Å². The number of nitrogens with zero attached hydrogens (tertiary/aromatic N) is 6.